The number of carbonyl (C=O) groups excluding carboxylic acids is 2. The predicted molar refractivity (Wildman–Crippen MR) is 99.6 cm³/mol. The molecule has 0 atom stereocenters. The lowest BCUT2D eigenvalue weighted by atomic mass is 10.2. The van der Waals surface area contributed by atoms with E-state index in [2.05, 4.69) is 20.9 Å². The van der Waals surface area contributed by atoms with Crippen LogP contribution in [0.1, 0.15) is 41.5 Å². The number of anilines is 1. The summed E-state index contributed by atoms with van der Waals surface area (Å²) in [5, 5.41) is 0. The van der Waals surface area contributed by atoms with Gasteiger partial charge in [0.25, 0.3) is 0 Å². The van der Waals surface area contributed by atoms with Gasteiger partial charge in [-0.3, -0.25) is 0 Å². The summed E-state index contributed by atoms with van der Waals surface area (Å²) in [6.07, 6.45) is -2.00. The highest BCUT2D eigenvalue weighted by Gasteiger charge is 2.34. The molecule has 2 amide bonds. The number of aromatic nitrogens is 1. The maximum atomic E-state index is 13.9. The molecule has 1 aromatic rings. The molecule has 0 radical (unpaired) electrons. The van der Waals surface area contributed by atoms with Gasteiger partial charge in [-0.1, -0.05) is 0 Å². The van der Waals surface area contributed by atoms with Crippen LogP contribution in [0.2, 0.25) is 0 Å². The van der Waals surface area contributed by atoms with Crippen molar-refractivity contribution in [1.82, 2.24) is 4.98 Å². The highest BCUT2D eigenvalue weighted by molar-refractivity contribution is 14.1. The number of ether oxygens (including phenoxy) is 2. The standard InChI is InChI=1S/C15H19BrFIN2O4/c1-14(2,3)23-12(21)20(13(22)24-15(4,5)6)9-7-8(18)10(16)11(17)19-9/h7H,1-6H3. The van der Waals surface area contributed by atoms with Crippen molar-refractivity contribution in [3.63, 3.8) is 0 Å². The van der Waals surface area contributed by atoms with Crippen LogP contribution in [0.3, 0.4) is 0 Å². The minimum Gasteiger partial charge on any atom is -0.443 e. The summed E-state index contributed by atoms with van der Waals surface area (Å²) in [4.78, 5) is 29.1. The summed E-state index contributed by atoms with van der Waals surface area (Å²) in [5.74, 6) is -1.07. The maximum absolute atomic E-state index is 13.9. The fraction of sp³-hybridized carbons (Fsp3) is 0.533. The van der Waals surface area contributed by atoms with Gasteiger partial charge in [0.05, 0.1) is 4.47 Å². The van der Waals surface area contributed by atoms with Gasteiger partial charge >= 0.3 is 12.2 Å². The van der Waals surface area contributed by atoms with Crippen LogP contribution in [0.4, 0.5) is 19.8 Å². The number of hydrogen-bond donors (Lipinski definition) is 0. The second-order valence-electron chi connectivity index (χ2n) is 6.86. The Kier molecular flexibility index (Phi) is 6.59. The van der Waals surface area contributed by atoms with Gasteiger partial charge in [0.2, 0.25) is 5.95 Å². The molecule has 0 aliphatic heterocycles. The molecule has 0 aliphatic rings. The molecule has 134 valence electrons. The van der Waals surface area contributed by atoms with Gasteiger partial charge in [-0.2, -0.15) is 9.29 Å². The molecule has 0 aromatic carbocycles. The quantitative estimate of drug-likeness (QED) is 0.376. The lowest BCUT2D eigenvalue weighted by Crippen LogP contribution is -2.44. The van der Waals surface area contributed by atoms with Gasteiger partial charge in [0, 0.05) is 3.57 Å². The van der Waals surface area contributed by atoms with Crippen molar-refractivity contribution in [2.24, 2.45) is 0 Å². The molecule has 0 spiro atoms. The number of amides is 2. The lowest BCUT2D eigenvalue weighted by Gasteiger charge is -2.28. The van der Waals surface area contributed by atoms with Gasteiger partial charge < -0.3 is 9.47 Å². The van der Waals surface area contributed by atoms with E-state index >= 15 is 0 Å². The molecular formula is C15H19BrFIN2O4. The summed E-state index contributed by atoms with van der Waals surface area (Å²) >= 11 is 4.89. The topological polar surface area (TPSA) is 68.7 Å². The van der Waals surface area contributed by atoms with Crippen LogP contribution in [0.15, 0.2) is 10.5 Å². The molecule has 0 unspecified atom stereocenters. The van der Waals surface area contributed by atoms with E-state index in [1.807, 2.05) is 22.6 Å². The predicted octanol–water partition coefficient (Wildman–Crippen LogP) is 5.26. The maximum Gasteiger partial charge on any atom is 0.425 e. The molecule has 0 N–H and O–H groups in total. The first kappa shape index (κ1) is 21.1. The summed E-state index contributed by atoms with van der Waals surface area (Å²) in [7, 11) is 0. The second kappa shape index (κ2) is 7.51. The van der Waals surface area contributed by atoms with Crippen molar-refractivity contribution >= 4 is 56.5 Å². The number of hydrogen-bond acceptors (Lipinski definition) is 5. The van der Waals surface area contributed by atoms with Crippen molar-refractivity contribution in [2.45, 2.75) is 52.7 Å². The molecule has 1 aromatic heterocycles. The Morgan fingerprint density at radius 1 is 1.12 bits per heavy atom. The summed E-state index contributed by atoms with van der Waals surface area (Å²) in [6, 6.07) is 1.38. The third-order valence-electron chi connectivity index (χ3n) is 2.24. The smallest absolute Gasteiger partial charge is 0.425 e. The van der Waals surface area contributed by atoms with E-state index in [-0.39, 0.29) is 10.3 Å². The van der Waals surface area contributed by atoms with Crippen LogP contribution in [-0.2, 0) is 9.47 Å². The lowest BCUT2D eigenvalue weighted by molar-refractivity contribution is 0.0429. The largest absolute Gasteiger partial charge is 0.443 e. The van der Waals surface area contributed by atoms with Crippen LogP contribution in [0.5, 0.6) is 0 Å². The van der Waals surface area contributed by atoms with Gasteiger partial charge in [-0.05, 0) is 86.1 Å². The van der Waals surface area contributed by atoms with E-state index in [4.69, 9.17) is 9.47 Å². The number of carbonyl (C=O) groups is 2. The van der Waals surface area contributed by atoms with E-state index in [0.29, 0.717) is 8.47 Å². The fourth-order valence-electron chi connectivity index (χ4n) is 1.45. The summed E-state index contributed by atoms with van der Waals surface area (Å²) in [6.45, 7) is 9.90. The van der Waals surface area contributed by atoms with Gasteiger partial charge in [0.15, 0.2) is 5.82 Å². The summed E-state index contributed by atoms with van der Waals surface area (Å²) in [5.41, 5.74) is -1.70. The molecule has 0 saturated heterocycles. The Hall–Kier alpha value is -0.970. The Morgan fingerprint density at radius 3 is 1.88 bits per heavy atom. The first-order valence-corrected chi connectivity index (χ1v) is 8.86. The molecule has 0 saturated carbocycles. The average Bonchev–Trinajstić information content (AvgIpc) is 2.31. The van der Waals surface area contributed by atoms with Crippen LogP contribution in [0, 0.1) is 9.52 Å². The second-order valence-corrected chi connectivity index (χ2v) is 8.82. The zero-order chi connectivity index (χ0) is 18.9. The van der Waals surface area contributed by atoms with Crippen molar-refractivity contribution in [3.8, 4) is 0 Å². The van der Waals surface area contributed by atoms with E-state index in [0.717, 1.165) is 0 Å². The molecule has 0 fully saturated rings. The van der Waals surface area contributed by atoms with Crippen molar-refractivity contribution < 1.29 is 23.5 Å². The van der Waals surface area contributed by atoms with Gasteiger partial charge in [0.1, 0.15) is 11.2 Å². The molecule has 6 nitrogen and oxygen atoms in total. The molecule has 0 bridgehead atoms. The Balaban J connectivity index is 3.33. The van der Waals surface area contributed by atoms with Crippen LogP contribution in [-0.4, -0.2) is 28.4 Å². The fourth-order valence-corrected chi connectivity index (χ4v) is 2.15. The number of pyridine rings is 1. The van der Waals surface area contributed by atoms with E-state index in [1.165, 1.54) is 6.07 Å². The molecule has 1 rings (SSSR count). The first-order chi connectivity index (χ1) is 10.7. The highest BCUT2D eigenvalue weighted by Crippen LogP contribution is 2.27. The number of imide groups is 1. The van der Waals surface area contributed by atoms with Gasteiger partial charge in [-0.25, -0.2) is 14.6 Å². The molecule has 9 heteroatoms. The van der Waals surface area contributed by atoms with E-state index in [9.17, 15) is 14.0 Å². The van der Waals surface area contributed by atoms with Gasteiger partial charge in [-0.15, -0.1) is 0 Å². The Bertz CT molecular complexity index is 605. The zero-order valence-electron chi connectivity index (χ0n) is 14.2. The molecule has 1 heterocycles. The number of rotatable bonds is 1. The average molecular weight is 517 g/mol. The zero-order valence-corrected chi connectivity index (χ0v) is 18.0. The monoisotopic (exact) mass is 516 g/mol. The normalized spacial score (nSPS) is 11.9. The van der Waals surface area contributed by atoms with E-state index in [1.54, 1.807) is 41.5 Å². The SMILES string of the molecule is CC(C)(C)OC(=O)N(C(=O)OC(C)(C)C)c1cc(I)c(Br)c(F)n1. The molecule has 0 aliphatic carbocycles. The van der Waals surface area contributed by atoms with Crippen molar-refractivity contribution in [1.29, 1.82) is 0 Å². The minimum atomic E-state index is -0.998. The Morgan fingerprint density at radius 2 is 1.54 bits per heavy atom. The van der Waals surface area contributed by atoms with Crippen LogP contribution >= 0.6 is 38.5 Å². The van der Waals surface area contributed by atoms with Crippen molar-refractivity contribution in [2.75, 3.05) is 4.90 Å². The van der Waals surface area contributed by atoms with Crippen LogP contribution < -0.4 is 4.90 Å². The molecular weight excluding hydrogens is 498 g/mol. The minimum absolute atomic E-state index is 0.139. The third kappa shape index (κ3) is 6.15. The number of nitrogens with zero attached hydrogens (tertiary/aromatic N) is 2. The van der Waals surface area contributed by atoms with Crippen molar-refractivity contribution in [3.05, 3.63) is 20.1 Å². The van der Waals surface area contributed by atoms with Crippen LogP contribution in [0.25, 0.3) is 0 Å². The third-order valence-corrected chi connectivity index (χ3v) is 4.59. The first-order valence-electron chi connectivity index (χ1n) is 6.99. The number of halogens is 3. The summed E-state index contributed by atoms with van der Waals surface area (Å²) < 4.78 is 24.9. The Labute approximate surface area is 162 Å². The van der Waals surface area contributed by atoms with E-state index < -0.39 is 29.3 Å². The highest BCUT2D eigenvalue weighted by atomic mass is 127. The molecule has 24 heavy (non-hydrogen) atoms.